The fourth-order valence-electron chi connectivity index (χ4n) is 1.43. The highest BCUT2D eigenvalue weighted by molar-refractivity contribution is 5.68. The summed E-state index contributed by atoms with van der Waals surface area (Å²) in [6.07, 6.45) is 1.32. The molecule has 1 amide bonds. The quantitative estimate of drug-likeness (QED) is 0.764. The van der Waals surface area contributed by atoms with E-state index in [1.165, 1.54) is 0 Å². The molecule has 0 rings (SSSR count). The number of rotatable bonds is 5. The normalized spacial score (nSPS) is 15.4. The number of aliphatic hydroxyl groups excluding tert-OH is 1. The van der Waals surface area contributed by atoms with Gasteiger partial charge in [0, 0.05) is 0 Å². The van der Waals surface area contributed by atoms with Crippen LogP contribution in [0.1, 0.15) is 53.9 Å². The first-order valence-electron chi connectivity index (χ1n) is 5.97. The molecule has 0 radical (unpaired) electrons. The van der Waals surface area contributed by atoms with E-state index in [1.807, 2.05) is 34.6 Å². The zero-order valence-corrected chi connectivity index (χ0v) is 11.0. The number of nitrogens with one attached hydrogen (secondary N) is 1. The lowest BCUT2D eigenvalue weighted by Crippen LogP contribution is -2.45. The Kier molecular flexibility index (Phi) is 6.41. The van der Waals surface area contributed by atoms with Crippen LogP contribution in [0.3, 0.4) is 0 Å². The van der Waals surface area contributed by atoms with Crippen LogP contribution in [0.5, 0.6) is 0 Å². The molecule has 0 spiro atoms. The molecule has 96 valence electrons. The first-order chi connectivity index (χ1) is 7.30. The van der Waals surface area contributed by atoms with Crippen molar-refractivity contribution >= 4 is 6.09 Å². The number of carbonyl (C=O) groups excluding carboxylic acids is 1. The van der Waals surface area contributed by atoms with Crippen LogP contribution in [0.2, 0.25) is 0 Å². The van der Waals surface area contributed by atoms with E-state index in [4.69, 9.17) is 4.74 Å². The summed E-state index contributed by atoms with van der Waals surface area (Å²) in [7, 11) is 0. The van der Waals surface area contributed by atoms with Crippen LogP contribution in [0.25, 0.3) is 0 Å². The largest absolute Gasteiger partial charge is 0.444 e. The molecule has 2 atom stereocenters. The maximum absolute atomic E-state index is 11.5. The molecule has 16 heavy (non-hydrogen) atoms. The second-order valence-electron chi connectivity index (χ2n) is 5.02. The van der Waals surface area contributed by atoms with Crippen molar-refractivity contribution in [1.82, 2.24) is 5.32 Å². The lowest BCUT2D eigenvalue weighted by molar-refractivity contribution is 0.0409. The van der Waals surface area contributed by atoms with Gasteiger partial charge in [0.25, 0.3) is 0 Å². The molecule has 0 heterocycles. The van der Waals surface area contributed by atoms with Gasteiger partial charge < -0.3 is 15.2 Å². The van der Waals surface area contributed by atoms with Gasteiger partial charge >= 0.3 is 6.09 Å². The lowest BCUT2D eigenvalue weighted by atomic mass is 10.0. The van der Waals surface area contributed by atoms with Gasteiger partial charge in [0.2, 0.25) is 0 Å². The maximum Gasteiger partial charge on any atom is 0.407 e. The standard InChI is InChI=1S/C12H25NO3/c1-6-8-10(14)9(7-2)13-11(15)16-12(3,4)5/h9-10,14H,6-8H2,1-5H3,(H,13,15)/t9-,10?/m0/s1. The van der Waals surface area contributed by atoms with E-state index in [2.05, 4.69) is 5.32 Å². The highest BCUT2D eigenvalue weighted by atomic mass is 16.6. The Balaban J connectivity index is 4.16. The summed E-state index contributed by atoms with van der Waals surface area (Å²) in [6.45, 7) is 9.38. The molecular formula is C12H25NO3. The van der Waals surface area contributed by atoms with Crippen molar-refractivity contribution in [1.29, 1.82) is 0 Å². The van der Waals surface area contributed by atoms with Crippen molar-refractivity contribution in [3.8, 4) is 0 Å². The van der Waals surface area contributed by atoms with Gasteiger partial charge in [-0.2, -0.15) is 0 Å². The fourth-order valence-corrected chi connectivity index (χ4v) is 1.43. The Bertz CT molecular complexity index is 211. The zero-order chi connectivity index (χ0) is 12.8. The summed E-state index contributed by atoms with van der Waals surface area (Å²) in [5.74, 6) is 0. The molecule has 0 aromatic heterocycles. The minimum absolute atomic E-state index is 0.227. The van der Waals surface area contributed by atoms with Crippen LogP contribution in [0, 0.1) is 0 Å². The first-order valence-corrected chi connectivity index (χ1v) is 5.97. The molecule has 0 saturated carbocycles. The number of alkyl carbamates (subject to hydrolysis) is 1. The summed E-state index contributed by atoms with van der Waals surface area (Å²) < 4.78 is 5.14. The number of ether oxygens (including phenoxy) is 1. The van der Waals surface area contributed by atoms with Gasteiger partial charge in [0.15, 0.2) is 0 Å². The zero-order valence-electron chi connectivity index (χ0n) is 11.0. The molecule has 0 aliphatic carbocycles. The van der Waals surface area contributed by atoms with Gasteiger partial charge in [-0.05, 0) is 33.6 Å². The van der Waals surface area contributed by atoms with Crippen molar-refractivity contribution in [3.63, 3.8) is 0 Å². The molecule has 0 bridgehead atoms. The predicted octanol–water partition coefficient (Wildman–Crippen LogP) is 2.45. The van der Waals surface area contributed by atoms with Gasteiger partial charge in [-0.15, -0.1) is 0 Å². The summed E-state index contributed by atoms with van der Waals surface area (Å²) in [4.78, 5) is 11.5. The van der Waals surface area contributed by atoms with Crippen molar-refractivity contribution in [2.75, 3.05) is 0 Å². The van der Waals surface area contributed by atoms with Crippen LogP contribution >= 0.6 is 0 Å². The van der Waals surface area contributed by atoms with E-state index < -0.39 is 17.8 Å². The average Bonchev–Trinajstić information content (AvgIpc) is 2.11. The fraction of sp³-hybridized carbons (Fsp3) is 0.917. The van der Waals surface area contributed by atoms with Crippen LogP contribution in [-0.4, -0.2) is 28.9 Å². The number of carbonyl (C=O) groups is 1. The molecule has 0 aliphatic heterocycles. The Morgan fingerprint density at radius 1 is 1.38 bits per heavy atom. The third kappa shape index (κ3) is 6.67. The SMILES string of the molecule is CCCC(O)[C@H](CC)NC(=O)OC(C)(C)C. The van der Waals surface area contributed by atoms with Crippen LogP contribution < -0.4 is 5.32 Å². The third-order valence-electron chi connectivity index (χ3n) is 2.19. The molecule has 0 fully saturated rings. The molecule has 4 heteroatoms. The molecule has 0 aromatic rings. The predicted molar refractivity (Wildman–Crippen MR) is 64.4 cm³/mol. The Morgan fingerprint density at radius 2 is 1.94 bits per heavy atom. The van der Waals surface area contributed by atoms with Crippen LogP contribution in [0.15, 0.2) is 0 Å². The number of amides is 1. The summed E-state index contributed by atoms with van der Waals surface area (Å²) >= 11 is 0. The summed E-state index contributed by atoms with van der Waals surface area (Å²) in [5.41, 5.74) is -0.502. The van der Waals surface area contributed by atoms with Gasteiger partial charge in [0.1, 0.15) is 5.60 Å². The van der Waals surface area contributed by atoms with Crippen molar-refractivity contribution < 1.29 is 14.6 Å². The van der Waals surface area contributed by atoms with E-state index in [9.17, 15) is 9.90 Å². The Morgan fingerprint density at radius 3 is 2.31 bits per heavy atom. The van der Waals surface area contributed by atoms with Crippen molar-refractivity contribution in [2.45, 2.75) is 71.6 Å². The second kappa shape index (κ2) is 6.74. The molecule has 1 unspecified atom stereocenters. The van der Waals surface area contributed by atoms with Crippen molar-refractivity contribution in [2.24, 2.45) is 0 Å². The van der Waals surface area contributed by atoms with Gasteiger partial charge in [-0.25, -0.2) is 4.79 Å². The molecule has 0 aromatic carbocycles. The Labute approximate surface area is 98.4 Å². The van der Waals surface area contributed by atoms with Gasteiger partial charge in [0.05, 0.1) is 12.1 Å². The molecule has 0 aliphatic rings. The highest BCUT2D eigenvalue weighted by Crippen LogP contribution is 2.09. The minimum atomic E-state index is -0.502. The lowest BCUT2D eigenvalue weighted by Gasteiger charge is -2.25. The average molecular weight is 231 g/mol. The molecular weight excluding hydrogens is 206 g/mol. The number of aliphatic hydroxyl groups is 1. The smallest absolute Gasteiger partial charge is 0.407 e. The first kappa shape index (κ1) is 15.2. The van der Waals surface area contributed by atoms with E-state index in [-0.39, 0.29) is 6.04 Å². The molecule has 2 N–H and O–H groups in total. The van der Waals surface area contributed by atoms with E-state index in [0.717, 1.165) is 6.42 Å². The highest BCUT2D eigenvalue weighted by Gasteiger charge is 2.22. The van der Waals surface area contributed by atoms with Gasteiger partial charge in [-0.1, -0.05) is 20.3 Å². The van der Waals surface area contributed by atoms with Gasteiger partial charge in [-0.3, -0.25) is 0 Å². The monoisotopic (exact) mass is 231 g/mol. The van der Waals surface area contributed by atoms with E-state index in [1.54, 1.807) is 0 Å². The van der Waals surface area contributed by atoms with Crippen LogP contribution in [-0.2, 0) is 4.74 Å². The maximum atomic E-state index is 11.5. The summed E-state index contributed by atoms with van der Waals surface area (Å²) in [5, 5.41) is 12.5. The molecule has 4 nitrogen and oxygen atoms in total. The number of hydrogen-bond acceptors (Lipinski definition) is 3. The third-order valence-corrected chi connectivity index (χ3v) is 2.19. The molecule has 0 saturated heterocycles. The Hall–Kier alpha value is -0.770. The topological polar surface area (TPSA) is 58.6 Å². The minimum Gasteiger partial charge on any atom is -0.444 e. The van der Waals surface area contributed by atoms with E-state index >= 15 is 0 Å². The summed E-state index contributed by atoms with van der Waals surface area (Å²) in [6, 6.07) is -0.227. The number of hydrogen-bond donors (Lipinski definition) is 2. The second-order valence-corrected chi connectivity index (χ2v) is 5.02. The van der Waals surface area contributed by atoms with Crippen LogP contribution in [0.4, 0.5) is 4.79 Å². The van der Waals surface area contributed by atoms with E-state index in [0.29, 0.717) is 12.8 Å². The van der Waals surface area contributed by atoms with Crippen molar-refractivity contribution in [3.05, 3.63) is 0 Å².